The van der Waals surface area contributed by atoms with Crippen LogP contribution in [0.25, 0.3) is 11.0 Å². The minimum absolute atomic E-state index is 0.0228. The van der Waals surface area contributed by atoms with Crippen LogP contribution in [0, 0.1) is 6.92 Å². The van der Waals surface area contributed by atoms with Gasteiger partial charge in [-0.05, 0) is 49.2 Å². The molecule has 0 aliphatic carbocycles. The molecule has 1 N–H and O–H groups in total. The van der Waals surface area contributed by atoms with E-state index in [1.807, 2.05) is 44.2 Å². The van der Waals surface area contributed by atoms with Crippen molar-refractivity contribution in [3.8, 4) is 0 Å². The second kappa shape index (κ2) is 8.68. The maximum absolute atomic E-state index is 13.4. The number of aryl methyl sites for hydroxylation is 1. The van der Waals surface area contributed by atoms with E-state index in [0.717, 1.165) is 22.9 Å². The van der Waals surface area contributed by atoms with Crippen molar-refractivity contribution >= 4 is 44.4 Å². The van der Waals surface area contributed by atoms with Gasteiger partial charge in [-0.25, -0.2) is 8.42 Å². The standard InChI is InChI=1S/C23H22N4O3S2/c1-15-12-13-18(23(28)27(3)16(2)17-8-5-4-6-9-17)20(14-15)26-32(29,30)21-11-7-10-19-22(21)25-31-24-19/h4-14,16,26H,1-3H3/t16-/m1/s1. The summed E-state index contributed by atoms with van der Waals surface area (Å²) in [4.78, 5) is 15.0. The van der Waals surface area contributed by atoms with E-state index in [9.17, 15) is 13.2 Å². The molecule has 0 fully saturated rings. The summed E-state index contributed by atoms with van der Waals surface area (Å²) in [5.41, 5.74) is 3.12. The van der Waals surface area contributed by atoms with Gasteiger partial charge in [-0.3, -0.25) is 9.52 Å². The first-order chi connectivity index (χ1) is 15.3. The van der Waals surface area contributed by atoms with E-state index in [0.29, 0.717) is 11.0 Å². The zero-order chi connectivity index (χ0) is 22.9. The van der Waals surface area contributed by atoms with Crippen LogP contribution in [0.2, 0.25) is 0 Å². The zero-order valence-corrected chi connectivity index (χ0v) is 19.4. The van der Waals surface area contributed by atoms with Crippen LogP contribution in [0.5, 0.6) is 0 Å². The van der Waals surface area contributed by atoms with Crippen molar-refractivity contribution in [2.75, 3.05) is 11.8 Å². The van der Waals surface area contributed by atoms with Crippen molar-refractivity contribution in [2.45, 2.75) is 24.8 Å². The Hall–Kier alpha value is -3.30. The Labute approximate surface area is 191 Å². The molecule has 32 heavy (non-hydrogen) atoms. The molecule has 4 aromatic rings. The van der Waals surface area contributed by atoms with E-state index < -0.39 is 10.0 Å². The lowest BCUT2D eigenvalue weighted by atomic mass is 10.0. The number of hydrogen-bond donors (Lipinski definition) is 1. The molecule has 1 amide bonds. The molecule has 0 saturated carbocycles. The average Bonchev–Trinajstić information content (AvgIpc) is 3.27. The van der Waals surface area contributed by atoms with Crippen molar-refractivity contribution in [3.63, 3.8) is 0 Å². The van der Waals surface area contributed by atoms with Crippen LogP contribution in [0.4, 0.5) is 5.69 Å². The highest BCUT2D eigenvalue weighted by Crippen LogP contribution is 2.28. The van der Waals surface area contributed by atoms with Gasteiger partial charge in [-0.15, -0.1) is 0 Å². The summed E-state index contributed by atoms with van der Waals surface area (Å²) < 4.78 is 37.3. The number of carbonyl (C=O) groups excluding carboxylic acids is 1. The Morgan fingerprint density at radius 1 is 1.03 bits per heavy atom. The van der Waals surface area contributed by atoms with Crippen molar-refractivity contribution < 1.29 is 13.2 Å². The van der Waals surface area contributed by atoms with Crippen LogP contribution in [0.1, 0.15) is 34.5 Å². The summed E-state index contributed by atoms with van der Waals surface area (Å²) in [5.74, 6) is -0.285. The van der Waals surface area contributed by atoms with Crippen LogP contribution < -0.4 is 4.72 Å². The van der Waals surface area contributed by atoms with E-state index in [-0.39, 0.29) is 28.1 Å². The van der Waals surface area contributed by atoms with Gasteiger partial charge in [0.25, 0.3) is 15.9 Å². The van der Waals surface area contributed by atoms with Gasteiger partial charge < -0.3 is 4.90 Å². The van der Waals surface area contributed by atoms with Gasteiger partial charge in [-0.2, -0.15) is 8.75 Å². The quantitative estimate of drug-likeness (QED) is 0.447. The Morgan fingerprint density at radius 3 is 2.53 bits per heavy atom. The highest BCUT2D eigenvalue weighted by Gasteiger charge is 2.25. The van der Waals surface area contributed by atoms with Crippen molar-refractivity contribution in [3.05, 3.63) is 83.4 Å². The minimum Gasteiger partial charge on any atom is -0.335 e. The molecule has 0 bridgehead atoms. The molecular weight excluding hydrogens is 444 g/mol. The molecule has 0 unspecified atom stereocenters. The molecule has 0 saturated heterocycles. The van der Waals surface area contributed by atoms with Crippen LogP contribution in [-0.2, 0) is 10.0 Å². The van der Waals surface area contributed by atoms with Gasteiger partial charge in [0.05, 0.1) is 29.0 Å². The number of anilines is 1. The van der Waals surface area contributed by atoms with E-state index in [1.165, 1.54) is 6.07 Å². The Bertz CT molecular complexity index is 1380. The fourth-order valence-electron chi connectivity index (χ4n) is 3.45. The second-order valence-corrected chi connectivity index (χ2v) is 9.72. The molecule has 0 radical (unpaired) electrons. The molecule has 0 aliphatic rings. The number of benzene rings is 3. The molecule has 164 valence electrons. The minimum atomic E-state index is -4.00. The summed E-state index contributed by atoms with van der Waals surface area (Å²) in [7, 11) is -2.29. The van der Waals surface area contributed by atoms with Crippen molar-refractivity contribution in [1.29, 1.82) is 0 Å². The zero-order valence-electron chi connectivity index (χ0n) is 17.8. The summed E-state index contributed by atoms with van der Waals surface area (Å²) in [6, 6.07) is 19.4. The smallest absolute Gasteiger partial charge is 0.264 e. The van der Waals surface area contributed by atoms with Gasteiger partial charge in [0.2, 0.25) is 0 Å². The summed E-state index contributed by atoms with van der Waals surface area (Å²) >= 11 is 0.952. The van der Waals surface area contributed by atoms with Gasteiger partial charge in [0.15, 0.2) is 0 Å². The lowest BCUT2D eigenvalue weighted by molar-refractivity contribution is 0.0743. The monoisotopic (exact) mass is 466 g/mol. The summed E-state index contributed by atoms with van der Waals surface area (Å²) in [6.07, 6.45) is 0. The number of aromatic nitrogens is 2. The molecule has 7 nitrogen and oxygen atoms in total. The lowest BCUT2D eigenvalue weighted by Crippen LogP contribution is -2.30. The molecule has 1 atom stereocenters. The first-order valence-electron chi connectivity index (χ1n) is 9.95. The third-order valence-electron chi connectivity index (χ3n) is 5.37. The van der Waals surface area contributed by atoms with Crippen LogP contribution in [-0.4, -0.2) is 35.0 Å². The van der Waals surface area contributed by atoms with E-state index in [4.69, 9.17) is 0 Å². The lowest BCUT2D eigenvalue weighted by Gasteiger charge is -2.26. The van der Waals surface area contributed by atoms with Crippen LogP contribution in [0.15, 0.2) is 71.6 Å². The number of hydrogen-bond acceptors (Lipinski definition) is 6. The maximum Gasteiger partial charge on any atom is 0.264 e. The largest absolute Gasteiger partial charge is 0.335 e. The molecule has 9 heteroatoms. The average molecular weight is 467 g/mol. The SMILES string of the molecule is Cc1ccc(C(=O)N(C)[C@H](C)c2ccccc2)c(NS(=O)(=O)c2cccc3nsnc23)c1. The molecule has 3 aromatic carbocycles. The first-order valence-corrected chi connectivity index (χ1v) is 12.2. The van der Waals surface area contributed by atoms with E-state index >= 15 is 0 Å². The number of nitrogens with zero attached hydrogens (tertiary/aromatic N) is 3. The number of nitrogens with one attached hydrogen (secondary N) is 1. The summed E-state index contributed by atoms with van der Waals surface area (Å²) in [6.45, 7) is 3.77. The molecule has 1 aromatic heterocycles. The summed E-state index contributed by atoms with van der Waals surface area (Å²) in [5, 5.41) is 0. The maximum atomic E-state index is 13.4. The van der Waals surface area contributed by atoms with Gasteiger partial charge in [0, 0.05) is 7.05 Å². The normalized spacial score (nSPS) is 12.5. The third kappa shape index (κ3) is 4.21. The number of rotatable bonds is 6. The fraction of sp³-hybridized carbons (Fsp3) is 0.174. The predicted octanol–water partition coefficient (Wildman–Crippen LogP) is 4.63. The first kappa shape index (κ1) is 21.9. The van der Waals surface area contributed by atoms with E-state index in [2.05, 4.69) is 13.5 Å². The number of sulfonamides is 1. The fourth-order valence-corrected chi connectivity index (χ4v) is 5.29. The van der Waals surface area contributed by atoms with Crippen LogP contribution in [0.3, 0.4) is 0 Å². The predicted molar refractivity (Wildman–Crippen MR) is 126 cm³/mol. The highest BCUT2D eigenvalue weighted by atomic mass is 32.2. The molecular formula is C23H22N4O3S2. The number of carbonyl (C=O) groups is 1. The van der Waals surface area contributed by atoms with Crippen molar-refractivity contribution in [2.24, 2.45) is 0 Å². The molecule has 1 heterocycles. The molecule has 0 aliphatic heterocycles. The van der Waals surface area contributed by atoms with Crippen LogP contribution >= 0.6 is 11.7 Å². The van der Waals surface area contributed by atoms with Gasteiger partial charge in [-0.1, -0.05) is 42.5 Å². The Kier molecular flexibility index (Phi) is 5.94. The van der Waals surface area contributed by atoms with Gasteiger partial charge >= 0.3 is 0 Å². The Balaban J connectivity index is 1.69. The number of fused-ring (bicyclic) bond motifs is 1. The third-order valence-corrected chi connectivity index (χ3v) is 7.31. The second-order valence-electron chi connectivity index (χ2n) is 7.55. The molecule has 0 spiro atoms. The highest BCUT2D eigenvalue weighted by molar-refractivity contribution is 7.93. The number of amides is 1. The topological polar surface area (TPSA) is 92.3 Å². The van der Waals surface area contributed by atoms with E-state index in [1.54, 1.807) is 42.3 Å². The van der Waals surface area contributed by atoms with Crippen molar-refractivity contribution in [1.82, 2.24) is 13.6 Å². The van der Waals surface area contributed by atoms with Gasteiger partial charge in [0.1, 0.15) is 15.9 Å². The molecule has 4 rings (SSSR count). The Morgan fingerprint density at radius 2 is 1.78 bits per heavy atom.